The molecule has 0 spiro atoms. The number of carboxylic acid groups (broad SMARTS) is 1. The van der Waals surface area contributed by atoms with Crippen LogP contribution in [0.1, 0.15) is 54.4 Å². The Morgan fingerprint density at radius 2 is 1.86 bits per heavy atom. The highest BCUT2D eigenvalue weighted by atomic mass is 16.4. The molecule has 114 valence electrons. The number of amides is 1. The SMILES string of the molecule is O=C(Cc1ccccc1C(=O)O)NCCC1CCCCC1. The fraction of sp³-hybridized carbons (Fsp3) is 0.529. The summed E-state index contributed by atoms with van der Waals surface area (Å²) in [6.07, 6.45) is 7.68. The second-order valence-electron chi connectivity index (χ2n) is 5.78. The predicted molar refractivity (Wildman–Crippen MR) is 81.3 cm³/mol. The van der Waals surface area contributed by atoms with Crippen LogP contribution in [0.5, 0.6) is 0 Å². The highest BCUT2D eigenvalue weighted by Crippen LogP contribution is 2.25. The van der Waals surface area contributed by atoms with Crippen LogP contribution in [-0.2, 0) is 11.2 Å². The summed E-state index contributed by atoms with van der Waals surface area (Å²) in [7, 11) is 0. The minimum absolute atomic E-state index is 0.0977. The van der Waals surface area contributed by atoms with Crippen molar-refractivity contribution in [3.8, 4) is 0 Å². The second kappa shape index (κ2) is 7.81. The number of aromatic carboxylic acids is 1. The number of rotatable bonds is 6. The summed E-state index contributed by atoms with van der Waals surface area (Å²) in [4.78, 5) is 23.0. The fourth-order valence-corrected chi connectivity index (χ4v) is 3.01. The van der Waals surface area contributed by atoms with Crippen molar-refractivity contribution in [3.63, 3.8) is 0 Å². The van der Waals surface area contributed by atoms with Crippen LogP contribution in [0.25, 0.3) is 0 Å². The van der Waals surface area contributed by atoms with Crippen LogP contribution < -0.4 is 5.32 Å². The Hall–Kier alpha value is -1.84. The molecular formula is C17H23NO3. The molecule has 21 heavy (non-hydrogen) atoms. The molecule has 0 unspecified atom stereocenters. The zero-order valence-corrected chi connectivity index (χ0v) is 12.3. The van der Waals surface area contributed by atoms with Crippen molar-refractivity contribution >= 4 is 11.9 Å². The number of benzene rings is 1. The van der Waals surface area contributed by atoms with E-state index in [1.165, 1.54) is 38.2 Å². The summed E-state index contributed by atoms with van der Waals surface area (Å²) >= 11 is 0. The maximum atomic E-state index is 11.9. The lowest BCUT2D eigenvalue weighted by molar-refractivity contribution is -0.120. The van der Waals surface area contributed by atoms with Crippen molar-refractivity contribution < 1.29 is 14.7 Å². The van der Waals surface area contributed by atoms with Crippen LogP contribution in [0.2, 0.25) is 0 Å². The van der Waals surface area contributed by atoms with Crippen molar-refractivity contribution in [1.29, 1.82) is 0 Å². The smallest absolute Gasteiger partial charge is 0.335 e. The molecule has 0 aromatic heterocycles. The summed E-state index contributed by atoms with van der Waals surface area (Å²) in [5.74, 6) is -0.342. The molecule has 0 atom stereocenters. The highest BCUT2D eigenvalue weighted by molar-refractivity contribution is 5.91. The summed E-state index contributed by atoms with van der Waals surface area (Å²) in [5.41, 5.74) is 0.778. The molecule has 2 N–H and O–H groups in total. The topological polar surface area (TPSA) is 66.4 Å². The Labute approximate surface area is 125 Å². The van der Waals surface area contributed by atoms with Crippen LogP contribution in [0, 0.1) is 5.92 Å². The van der Waals surface area contributed by atoms with Crippen LogP contribution in [-0.4, -0.2) is 23.5 Å². The van der Waals surface area contributed by atoms with E-state index in [1.807, 2.05) is 0 Å². The van der Waals surface area contributed by atoms with E-state index in [4.69, 9.17) is 5.11 Å². The first-order valence-corrected chi connectivity index (χ1v) is 7.74. The maximum Gasteiger partial charge on any atom is 0.335 e. The lowest BCUT2D eigenvalue weighted by Crippen LogP contribution is -2.28. The van der Waals surface area contributed by atoms with Crippen LogP contribution in [0.15, 0.2) is 24.3 Å². The Morgan fingerprint density at radius 1 is 1.14 bits per heavy atom. The zero-order valence-electron chi connectivity index (χ0n) is 12.3. The van der Waals surface area contributed by atoms with Gasteiger partial charge in [0.2, 0.25) is 5.91 Å². The first kappa shape index (κ1) is 15.5. The van der Waals surface area contributed by atoms with Gasteiger partial charge in [-0.15, -0.1) is 0 Å². The molecule has 1 fully saturated rings. The molecule has 0 bridgehead atoms. The van der Waals surface area contributed by atoms with Gasteiger partial charge in [-0.05, 0) is 24.0 Å². The van der Waals surface area contributed by atoms with E-state index in [0.717, 1.165) is 12.3 Å². The third kappa shape index (κ3) is 4.88. The Bertz CT molecular complexity index is 493. The molecule has 0 saturated heterocycles. The molecule has 1 aromatic rings. The third-order valence-electron chi connectivity index (χ3n) is 4.20. The normalized spacial score (nSPS) is 15.6. The molecular weight excluding hydrogens is 266 g/mol. The minimum atomic E-state index is -0.986. The molecule has 1 amide bonds. The molecule has 1 aliphatic rings. The summed E-state index contributed by atoms with van der Waals surface area (Å²) in [6.45, 7) is 0.693. The molecule has 4 heteroatoms. The van der Waals surface area contributed by atoms with Crippen molar-refractivity contribution in [3.05, 3.63) is 35.4 Å². The molecule has 0 radical (unpaired) electrons. The number of nitrogens with one attached hydrogen (secondary N) is 1. The minimum Gasteiger partial charge on any atom is -0.478 e. The van der Waals surface area contributed by atoms with Crippen molar-refractivity contribution in [2.45, 2.75) is 44.9 Å². The van der Waals surface area contributed by atoms with Crippen LogP contribution in [0.3, 0.4) is 0 Å². The zero-order chi connectivity index (χ0) is 15.1. The molecule has 1 saturated carbocycles. The molecule has 4 nitrogen and oxygen atoms in total. The van der Waals surface area contributed by atoms with E-state index in [0.29, 0.717) is 12.1 Å². The monoisotopic (exact) mass is 289 g/mol. The van der Waals surface area contributed by atoms with E-state index in [1.54, 1.807) is 18.2 Å². The summed E-state index contributed by atoms with van der Waals surface area (Å²) in [6, 6.07) is 6.67. The van der Waals surface area contributed by atoms with Gasteiger partial charge < -0.3 is 10.4 Å². The number of carboxylic acids is 1. The van der Waals surface area contributed by atoms with Gasteiger partial charge in [-0.3, -0.25) is 4.79 Å². The molecule has 0 heterocycles. The molecule has 1 aliphatic carbocycles. The van der Waals surface area contributed by atoms with Gasteiger partial charge in [0.05, 0.1) is 12.0 Å². The largest absolute Gasteiger partial charge is 0.478 e. The fourth-order valence-electron chi connectivity index (χ4n) is 3.01. The predicted octanol–water partition coefficient (Wildman–Crippen LogP) is 3.01. The van der Waals surface area contributed by atoms with E-state index in [2.05, 4.69) is 5.32 Å². The van der Waals surface area contributed by atoms with Crippen molar-refractivity contribution in [2.75, 3.05) is 6.54 Å². The first-order valence-electron chi connectivity index (χ1n) is 7.74. The maximum absolute atomic E-state index is 11.9. The van der Waals surface area contributed by atoms with Gasteiger partial charge in [0.25, 0.3) is 0 Å². The van der Waals surface area contributed by atoms with Gasteiger partial charge in [0.1, 0.15) is 0 Å². The quantitative estimate of drug-likeness (QED) is 0.846. The van der Waals surface area contributed by atoms with Gasteiger partial charge in [-0.2, -0.15) is 0 Å². The van der Waals surface area contributed by atoms with Crippen LogP contribution >= 0.6 is 0 Å². The Balaban J connectivity index is 1.78. The van der Waals surface area contributed by atoms with Crippen molar-refractivity contribution in [1.82, 2.24) is 5.32 Å². The number of hydrogen-bond donors (Lipinski definition) is 2. The van der Waals surface area contributed by atoms with Gasteiger partial charge >= 0.3 is 5.97 Å². The number of hydrogen-bond acceptors (Lipinski definition) is 2. The lowest BCUT2D eigenvalue weighted by atomic mass is 9.87. The summed E-state index contributed by atoms with van der Waals surface area (Å²) < 4.78 is 0. The average Bonchev–Trinajstić information content (AvgIpc) is 2.48. The Morgan fingerprint density at radius 3 is 2.57 bits per heavy atom. The van der Waals surface area contributed by atoms with Gasteiger partial charge in [0.15, 0.2) is 0 Å². The second-order valence-corrected chi connectivity index (χ2v) is 5.78. The Kier molecular flexibility index (Phi) is 5.78. The average molecular weight is 289 g/mol. The van der Waals surface area contributed by atoms with Gasteiger partial charge in [-0.25, -0.2) is 4.79 Å². The molecule has 1 aromatic carbocycles. The van der Waals surface area contributed by atoms with Gasteiger partial charge in [0, 0.05) is 6.54 Å². The number of carbonyl (C=O) groups is 2. The third-order valence-corrected chi connectivity index (χ3v) is 4.20. The number of carbonyl (C=O) groups excluding carboxylic acids is 1. The van der Waals surface area contributed by atoms with E-state index < -0.39 is 5.97 Å². The van der Waals surface area contributed by atoms with Crippen molar-refractivity contribution in [2.24, 2.45) is 5.92 Å². The molecule has 2 rings (SSSR count). The molecule has 0 aliphatic heterocycles. The van der Waals surface area contributed by atoms with E-state index in [-0.39, 0.29) is 17.9 Å². The first-order chi connectivity index (χ1) is 10.2. The lowest BCUT2D eigenvalue weighted by Gasteiger charge is -2.21. The summed E-state index contributed by atoms with van der Waals surface area (Å²) in [5, 5.41) is 12.0. The van der Waals surface area contributed by atoms with E-state index >= 15 is 0 Å². The standard InChI is InChI=1S/C17H23NO3/c19-16(18-11-10-13-6-2-1-3-7-13)12-14-8-4-5-9-15(14)17(20)21/h4-5,8-9,13H,1-3,6-7,10-12H2,(H,18,19)(H,20,21). The van der Waals surface area contributed by atoms with Gasteiger partial charge in [-0.1, -0.05) is 50.3 Å². The highest BCUT2D eigenvalue weighted by Gasteiger charge is 2.15. The van der Waals surface area contributed by atoms with E-state index in [9.17, 15) is 9.59 Å². The van der Waals surface area contributed by atoms with Crippen LogP contribution in [0.4, 0.5) is 0 Å².